The Bertz CT molecular complexity index is 1310. The lowest BCUT2D eigenvalue weighted by atomic mass is 9.95. The number of benzene rings is 3. The number of carbonyl (C=O) groups is 1. The number of aryl methyl sites for hydroxylation is 1. The van der Waals surface area contributed by atoms with Gasteiger partial charge in [0.25, 0.3) is 5.91 Å². The van der Waals surface area contributed by atoms with Crippen molar-refractivity contribution >= 4 is 27.5 Å². The number of H-pyrrole nitrogens is 1. The molecular formula is C25H20BrN3O3. The quantitative estimate of drug-likeness (QED) is 0.390. The monoisotopic (exact) mass is 489 g/mol. The summed E-state index contributed by atoms with van der Waals surface area (Å²) in [6.07, 6.45) is 0. The largest absolute Gasteiger partial charge is 0.504 e. The first kappa shape index (κ1) is 20.3. The number of nitrogens with zero attached hydrogens (tertiary/aromatic N) is 2. The lowest BCUT2D eigenvalue weighted by Gasteiger charge is -2.27. The van der Waals surface area contributed by atoms with E-state index in [0.29, 0.717) is 17.1 Å². The van der Waals surface area contributed by atoms with Gasteiger partial charge in [-0.25, -0.2) is 0 Å². The Morgan fingerprint density at radius 3 is 2.47 bits per heavy atom. The standard InChI is InChI=1S/C25H20BrN3O3/c1-14-3-10-18(11-4-14)29-24(16-7-12-19(30)20(13-16)32-2)21-22(27-28-23(21)25(29)31)15-5-8-17(26)9-6-15/h3-13,24,30H,1-2H3,(H,27,28). The van der Waals surface area contributed by atoms with E-state index in [1.54, 1.807) is 17.0 Å². The zero-order valence-corrected chi connectivity index (χ0v) is 19.1. The lowest BCUT2D eigenvalue weighted by Crippen LogP contribution is -2.29. The predicted octanol–water partition coefficient (Wildman–Crippen LogP) is 5.61. The minimum absolute atomic E-state index is 0.0445. The molecule has 0 fully saturated rings. The van der Waals surface area contributed by atoms with Gasteiger partial charge >= 0.3 is 0 Å². The van der Waals surface area contributed by atoms with Crippen molar-refractivity contribution in [3.05, 3.63) is 93.6 Å². The van der Waals surface area contributed by atoms with Gasteiger partial charge in [-0.05, 0) is 48.9 Å². The molecule has 0 bridgehead atoms. The number of anilines is 1. The van der Waals surface area contributed by atoms with E-state index in [4.69, 9.17) is 4.74 Å². The summed E-state index contributed by atoms with van der Waals surface area (Å²) in [5.74, 6) is 0.237. The number of amides is 1. The fraction of sp³-hybridized carbons (Fsp3) is 0.120. The third kappa shape index (κ3) is 3.26. The van der Waals surface area contributed by atoms with Crippen LogP contribution in [-0.2, 0) is 0 Å². The lowest BCUT2D eigenvalue weighted by molar-refractivity contribution is 0.0988. The number of phenolic OH excluding ortho intramolecular Hbond substituents is 1. The smallest absolute Gasteiger partial charge is 0.277 e. The van der Waals surface area contributed by atoms with Gasteiger partial charge in [0, 0.05) is 21.3 Å². The van der Waals surface area contributed by atoms with Gasteiger partial charge in [0.15, 0.2) is 11.5 Å². The number of fused-ring (bicyclic) bond motifs is 1. The molecule has 0 radical (unpaired) electrons. The van der Waals surface area contributed by atoms with E-state index in [1.165, 1.54) is 7.11 Å². The summed E-state index contributed by atoms with van der Waals surface area (Å²) in [4.78, 5) is 15.3. The molecule has 2 N–H and O–H groups in total. The van der Waals surface area contributed by atoms with Crippen LogP contribution in [0.5, 0.6) is 11.5 Å². The number of carbonyl (C=O) groups excluding carboxylic acids is 1. The van der Waals surface area contributed by atoms with Crippen LogP contribution in [0.4, 0.5) is 5.69 Å². The van der Waals surface area contributed by atoms with Gasteiger partial charge in [-0.3, -0.25) is 14.8 Å². The number of phenols is 1. The Hall–Kier alpha value is -3.58. The van der Waals surface area contributed by atoms with Crippen molar-refractivity contribution in [2.24, 2.45) is 0 Å². The molecule has 1 amide bonds. The van der Waals surface area contributed by atoms with Crippen molar-refractivity contribution in [1.29, 1.82) is 0 Å². The molecular weight excluding hydrogens is 470 g/mol. The van der Waals surface area contributed by atoms with Crippen molar-refractivity contribution < 1.29 is 14.6 Å². The second kappa shape index (κ2) is 7.84. The summed E-state index contributed by atoms with van der Waals surface area (Å²) < 4.78 is 6.31. The topological polar surface area (TPSA) is 78.5 Å². The second-order valence-corrected chi connectivity index (χ2v) is 8.63. The molecule has 1 unspecified atom stereocenters. The summed E-state index contributed by atoms with van der Waals surface area (Å²) >= 11 is 3.47. The predicted molar refractivity (Wildman–Crippen MR) is 126 cm³/mol. The molecule has 0 aliphatic carbocycles. The van der Waals surface area contributed by atoms with Crippen LogP contribution in [0.2, 0.25) is 0 Å². The Morgan fingerprint density at radius 1 is 1.06 bits per heavy atom. The highest BCUT2D eigenvalue weighted by Crippen LogP contribution is 2.46. The fourth-order valence-electron chi connectivity index (χ4n) is 4.13. The van der Waals surface area contributed by atoms with Crippen LogP contribution in [0, 0.1) is 6.92 Å². The molecule has 3 aromatic carbocycles. The van der Waals surface area contributed by atoms with Gasteiger partial charge in [0.2, 0.25) is 0 Å². The van der Waals surface area contributed by atoms with Gasteiger partial charge < -0.3 is 9.84 Å². The first-order chi connectivity index (χ1) is 15.5. The molecule has 0 saturated heterocycles. The number of hydrogen-bond donors (Lipinski definition) is 2. The number of aromatic amines is 1. The maximum Gasteiger partial charge on any atom is 0.277 e. The maximum atomic E-state index is 13.6. The van der Waals surface area contributed by atoms with Crippen molar-refractivity contribution in [3.63, 3.8) is 0 Å². The van der Waals surface area contributed by atoms with Crippen LogP contribution in [0.25, 0.3) is 11.3 Å². The van der Waals surface area contributed by atoms with Gasteiger partial charge in [-0.2, -0.15) is 5.10 Å². The first-order valence-electron chi connectivity index (χ1n) is 10.1. The molecule has 32 heavy (non-hydrogen) atoms. The molecule has 2 heterocycles. The van der Waals surface area contributed by atoms with Crippen LogP contribution < -0.4 is 9.64 Å². The second-order valence-electron chi connectivity index (χ2n) is 7.71. The highest BCUT2D eigenvalue weighted by Gasteiger charge is 2.43. The summed E-state index contributed by atoms with van der Waals surface area (Å²) in [5.41, 5.74) is 5.58. The summed E-state index contributed by atoms with van der Waals surface area (Å²) in [6.45, 7) is 2.01. The Labute approximate surface area is 193 Å². The van der Waals surface area contributed by atoms with Crippen LogP contribution in [-0.4, -0.2) is 28.3 Å². The molecule has 1 aromatic heterocycles. The normalized spacial score (nSPS) is 15.2. The fourth-order valence-corrected chi connectivity index (χ4v) is 4.39. The summed E-state index contributed by atoms with van der Waals surface area (Å²) in [5, 5.41) is 17.6. The van der Waals surface area contributed by atoms with Crippen molar-refractivity contribution in [1.82, 2.24) is 10.2 Å². The summed E-state index contributed by atoms with van der Waals surface area (Å²) in [7, 11) is 1.51. The van der Waals surface area contributed by atoms with E-state index >= 15 is 0 Å². The van der Waals surface area contributed by atoms with E-state index in [9.17, 15) is 9.90 Å². The average molecular weight is 490 g/mol. The number of aromatic hydroxyl groups is 1. The zero-order valence-electron chi connectivity index (χ0n) is 17.5. The van der Waals surface area contributed by atoms with E-state index in [1.807, 2.05) is 61.5 Å². The number of methoxy groups -OCH3 is 1. The van der Waals surface area contributed by atoms with Gasteiger partial charge in [0.05, 0.1) is 18.8 Å². The highest BCUT2D eigenvalue weighted by molar-refractivity contribution is 9.10. The van der Waals surface area contributed by atoms with Crippen LogP contribution >= 0.6 is 15.9 Å². The van der Waals surface area contributed by atoms with Gasteiger partial charge in [-0.1, -0.05) is 51.8 Å². The van der Waals surface area contributed by atoms with E-state index in [-0.39, 0.29) is 11.7 Å². The minimum atomic E-state index is -0.438. The molecule has 5 rings (SSSR count). The minimum Gasteiger partial charge on any atom is -0.504 e. The van der Waals surface area contributed by atoms with Crippen molar-refractivity contribution in [3.8, 4) is 22.8 Å². The number of nitrogens with one attached hydrogen (secondary N) is 1. The maximum absolute atomic E-state index is 13.6. The molecule has 7 heteroatoms. The molecule has 1 aliphatic heterocycles. The molecule has 6 nitrogen and oxygen atoms in total. The van der Waals surface area contributed by atoms with Gasteiger partial charge in [-0.15, -0.1) is 0 Å². The number of ether oxygens (including phenoxy) is 1. The molecule has 0 spiro atoms. The van der Waals surface area contributed by atoms with Crippen molar-refractivity contribution in [2.75, 3.05) is 12.0 Å². The third-order valence-corrected chi connectivity index (χ3v) is 6.25. The van der Waals surface area contributed by atoms with Crippen molar-refractivity contribution in [2.45, 2.75) is 13.0 Å². The molecule has 4 aromatic rings. The van der Waals surface area contributed by atoms with E-state index < -0.39 is 6.04 Å². The SMILES string of the molecule is COc1cc(C2c3c(-c4ccc(Br)cc4)n[nH]c3C(=O)N2c2ccc(C)cc2)ccc1O. The number of aromatic nitrogens is 2. The van der Waals surface area contributed by atoms with E-state index in [2.05, 4.69) is 26.1 Å². The molecule has 0 saturated carbocycles. The van der Waals surface area contributed by atoms with E-state index in [0.717, 1.165) is 32.4 Å². The molecule has 1 atom stereocenters. The molecule has 160 valence electrons. The third-order valence-electron chi connectivity index (χ3n) is 5.72. The van der Waals surface area contributed by atoms with Gasteiger partial charge in [0.1, 0.15) is 5.69 Å². The summed E-state index contributed by atoms with van der Waals surface area (Å²) in [6, 6.07) is 20.4. The Balaban J connectivity index is 1.73. The molecule has 1 aliphatic rings. The Morgan fingerprint density at radius 2 is 1.78 bits per heavy atom. The van der Waals surface area contributed by atoms with Crippen LogP contribution in [0.1, 0.15) is 33.2 Å². The first-order valence-corrected chi connectivity index (χ1v) is 10.9. The van der Waals surface area contributed by atoms with Crippen LogP contribution in [0.15, 0.2) is 71.2 Å². The number of halogens is 1. The average Bonchev–Trinajstić information content (AvgIpc) is 3.35. The zero-order chi connectivity index (χ0) is 22.4. The van der Waals surface area contributed by atoms with Crippen LogP contribution in [0.3, 0.4) is 0 Å². The number of rotatable bonds is 4. The number of hydrogen-bond acceptors (Lipinski definition) is 4. The highest BCUT2D eigenvalue weighted by atomic mass is 79.9. The Kier molecular flexibility index (Phi) is 4.98.